The van der Waals surface area contributed by atoms with E-state index < -0.39 is 6.55 Å². The van der Waals surface area contributed by atoms with Crippen molar-refractivity contribution < 1.29 is 18.7 Å². The van der Waals surface area contributed by atoms with Crippen LogP contribution in [0.3, 0.4) is 0 Å². The molecule has 2 heterocycles. The number of aromatic hydroxyl groups is 1. The molecule has 3 rings (SSSR count). The van der Waals surface area contributed by atoms with Gasteiger partial charge in [-0.1, -0.05) is 6.07 Å². The summed E-state index contributed by atoms with van der Waals surface area (Å²) in [6.07, 6.45) is 0.772. The molecule has 0 radical (unpaired) electrons. The van der Waals surface area contributed by atoms with E-state index in [2.05, 4.69) is 5.10 Å². The molecule has 1 amide bonds. The first-order valence-corrected chi connectivity index (χ1v) is 7.78. The van der Waals surface area contributed by atoms with Gasteiger partial charge in [-0.05, 0) is 43.5 Å². The molecule has 5 nitrogen and oxygen atoms in total. The molecule has 0 bridgehead atoms. The standard InChI is InChI=1S/C17H19F2N3O2/c1-10-15(11(2)22(20-10)17(18)19)8-16(24)21-6-5-12-3-4-14(23)7-13(12)9-21/h3-4,7,17,23H,5-6,8-9H2,1-2H3. The Bertz CT molecular complexity index is 786. The van der Waals surface area contributed by atoms with Gasteiger partial charge in [-0.15, -0.1) is 0 Å². The predicted molar refractivity (Wildman–Crippen MR) is 83.9 cm³/mol. The maximum atomic E-state index is 12.9. The number of nitrogens with zero attached hydrogens (tertiary/aromatic N) is 3. The van der Waals surface area contributed by atoms with Gasteiger partial charge in [0.25, 0.3) is 0 Å². The minimum absolute atomic E-state index is 0.0541. The van der Waals surface area contributed by atoms with Crippen LogP contribution in [-0.2, 0) is 24.2 Å². The van der Waals surface area contributed by atoms with Gasteiger partial charge in [-0.3, -0.25) is 4.79 Å². The molecule has 24 heavy (non-hydrogen) atoms. The molecule has 0 atom stereocenters. The maximum Gasteiger partial charge on any atom is 0.333 e. The molecule has 0 saturated heterocycles. The van der Waals surface area contributed by atoms with Crippen molar-refractivity contribution in [3.05, 3.63) is 46.3 Å². The van der Waals surface area contributed by atoms with E-state index in [0.717, 1.165) is 17.5 Å². The second-order valence-electron chi connectivity index (χ2n) is 6.07. The minimum atomic E-state index is -2.71. The Kier molecular flexibility index (Phi) is 4.26. The van der Waals surface area contributed by atoms with Gasteiger partial charge in [0.1, 0.15) is 5.75 Å². The molecular weight excluding hydrogens is 316 g/mol. The second kappa shape index (κ2) is 6.22. The van der Waals surface area contributed by atoms with Gasteiger partial charge in [0.05, 0.1) is 12.1 Å². The number of aromatic nitrogens is 2. The Morgan fingerprint density at radius 1 is 1.33 bits per heavy atom. The summed E-state index contributed by atoms with van der Waals surface area (Å²) in [4.78, 5) is 14.3. The number of benzene rings is 1. The van der Waals surface area contributed by atoms with Crippen LogP contribution in [0.5, 0.6) is 5.75 Å². The van der Waals surface area contributed by atoms with Crippen LogP contribution >= 0.6 is 0 Å². The number of alkyl halides is 2. The molecule has 2 aromatic rings. The number of halogens is 2. The summed E-state index contributed by atoms with van der Waals surface area (Å²) in [6, 6.07) is 5.18. The molecule has 0 unspecified atom stereocenters. The summed E-state index contributed by atoms with van der Waals surface area (Å²) in [6.45, 7) is 1.48. The first-order chi connectivity index (χ1) is 11.4. The summed E-state index contributed by atoms with van der Waals surface area (Å²) < 4.78 is 26.5. The normalized spacial score (nSPS) is 14.1. The average molecular weight is 335 g/mol. The highest BCUT2D eigenvalue weighted by Gasteiger charge is 2.24. The lowest BCUT2D eigenvalue weighted by Crippen LogP contribution is -2.37. The fourth-order valence-electron chi connectivity index (χ4n) is 3.16. The quantitative estimate of drug-likeness (QED) is 0.938. The highest BCUT2D eigenvalue weighted by Crippen LogP contribution is 2.25. The number of carbonyl (C=O) groups excluding carboxylic acids is 1. The molecule has 1 aromatic carbocycles. The van der Waals surface area contributed by atoms with Crippen LogP contribution in [0, 0.1) is 13.8 Å². The summed E-state index contributed by atoms with van der Waals surface area (Å²) >= 11 is 0. The van der Waals surface area contributed by atoms with Crippen molar-refractivity contribution in [2.24, 2.45) is 0 Å². The first kappa shape index (κ1) is 16.4. The molecule has 1 aliphatic rings. The lowest BCUT2D eigenvalue weighted by atomic mass is 9.98. The third-order valence-corrected chi connectivity index (χ3v) is 4.54. The maximum absolute atomic E-state index is 12.9. The second-order valence-corrected chi connectivity index (χ2v) is 6.07. The van der Waals surface area contributed by atoms with Crippen molar-refractivity contribution in [3.63, 3.8) is 0 Å². The summed E-state index contributed by atoms with van der Waals surface area (Å²) in [5.74, 6) is 0.0527. The molecule has 0 spiro atoms. The van der Waals surface area contributed by atoms with E-state index in [9.17, 15) is 18.7 Å². The third kappa shape index (κ3) is 2.98. The molecule has 1 aromatic heterocycles. The Morgan fingerprint density at radius 3 is 2.75 bits per heavy atom. The zero-order chi connectivity index (χ0) is 17.4. The van der Waals surface area contributed by atoms with Crippen molar-refractivity contribution in [3.8, 4) is 5.75 Å². The van der Waals surface area contributed by atoms with E-state index in [0.29, 0.717) is 34.7 Å². The SMILES string of the molecule is Cc1nn(C(F)F)c(C)c1CC(=O)N1CCc2ccc(O)cc2C1. The van der Waals surface area contributed by atoms with Gasteiger partial charge >= 0.3 is 6.55 Å². The molecule has 1 N–H and O–H groups in total. The molecule has 0 saturated carbocycles. The van der Waals surface area contributed by atoms with E-state index in [1.54, 1.807) is 30.9 Å². The zero-order valence-electron chi connectivity index (χ0n) is 13.6. The number of amides is 1. The zero-order valence-corrected chi connectivity index (χ0v) is 13.6. The number of rotatable bonds is 3. The van der Waals surface area contributed by atoms with Crippen molar-refractivity contribution in [1.82, 2.24) is 14.7 Å². The summed E-state index contributed by atoms with van der Waals surface area (Å²) in [5, 5.41) is 13.4. The van der Waals surface area contributed by atoms with Crippen LogP contribution in [0.2, 0.25) is 0 Å². The number of aryl methyl sites for hydroxylation is 1. The lowest BCUT2D eigenvalue weighted by molar-refractivity contribution is -0.131. The highest BCUT2D eigenvalue weighted by atomic mass is 19.3. The Balaban J connectivity index is 1.77. The summed E-state index contributed by atoms with van der Waals surface area (Å²) in [7, 11) is 0. The molecule has 1 aliphatic heterocycles. The van der Waals surface area contributed by atoms with Crippen LogP contribution in [0.25, 0.3) is 0 Å². The molecule has 0 fully saturated rings. The van der Waals surface area contributed by atoms with E-state index >= 15 is 0 Å². The van der Waals surface area contributed by atoms with Gasteiger partial charge < -0.3 is 10.0 Å². The van der Waals surface area contributed by atoms with Gasteiger partial charge in [0, 0.05) is 24.3 Å². The van der Waals surface area contributed by atoms with E-state index in [4.69, 9.17) is 0 Å². The van der Waals surface area contributed by atoms with Crippen LogP contribution < -0.4 is 0 Å². The van der Waals surface area contributed by atoms with Crippen molar-refractivity contribution in [2.45, 2.75) is 39.8 Å². The van der Waals surface area contributed by atoms with Crippen LogP contribution in [0.4, 0.5) is 8.78 Å². The van der Waals surface area contributed by atoms with Crippen molar-refractivity contribution >= 4 is 5.91 Å². The Morgan fingerprint density at radius 2 is 2.08 bits per heavy atom. The van der Waals surface area contributed by atoms with Gasteiger partial charge in [-0.25, -0.2) is 4.68 Å². The molecule has 0 aliphatic carbocycles. The van der Waals surface area contributed by atoms with Crippen LogP contribution in [-0.4, -0.2) is 32.2 Å². The number of phenolic OH excluding ortho intramolecular Hbond substituents is 1. The van der Waals surface area contributed by atoms with Crippen molar-refractivity contribution in [1.29, 1.82) is 0 Å². The van der Waals surface area contributed by atoms with Gasteiger partial charge in [0.15, 0.2) is 0 Å². The van der Waals surface area contributed by atoms with Gasteiger partial charge in [0.2, 0.25) is 5.91 Å². The topological polar surface area (TPSA) is 58.4 Å². The molecule has 7 heteroatoms. The Hall–Kier alpha value is -2.44. The molecule has 128 valence electrons. The van der Waals surface area contributed by atoms with E-state index in [-0.39, 0.29) is 18.1 Å². The van der Waals surface area contributed by atoms with E-state index in [1.165, 1.54) is 0 Å². The average Bonchev–Trinajstić information content (AvgIpc) is 2.82. The monoisotopic (exact) mass is 335 g/mol. The van der Waals surface area contributed by atoms with E-state index in [1.807, 2.05) is 6.07 Å². The highest BCUT2D eigenvalue weighted by molar-refractivity contribution is 5.79. The fourth-order valence-corrected chi connectivity index (χ4v) is 3.16. The lowest BCUT2D eigenvalue weighted by Gasteiger charge is -2.29. The predicted octanol–water partition coefficient (Wildman–Crippen LogP) is 2.73. The van der Waals surface area contributed by atoms with Crippen LogP contribution in [0.15, 0.2) is 18.2 Å². The number of hydrogen-bond acceptors (Lipinski definition) is 3. The van der Waals surface area contributed by atoms with Crippen LogP contribution in [0.1, 0.15) is 34.6 Å². The van der Waals surface area contributed by atoms with Crippen molar-refractivity contribution in [2.75, 3.05) is 6.54 Å². The number of hydrogen-bond donors (Lipinski definition) is 1. The largest absolute Gasteiger partial charge is 0.508 e. The molecular formula is C17H19F2N3O2. The number of phenols is 1. The number of fused-ring (bicyclic) bond motifs is 1. The minimum Gasteiger partial charge on any atom is -0.508 e. The first-order valence-electron chi connectivity index (χ1n) is 7.78. The summed E-state index contributed by atoms with van der Waals surface area (Å²) in [5.41, 5.74) is 3.38. The fraction of sp³-hybridized carbons (Fsp3) is 0.412. The third-order valence-electron chi connectivity index (χ3n) is 4.54. The smallest absolute Gasteiger partial charge is 0.333 e. The van der Waals surface area contributed by atoms with Gasteiger partial charge in [-0.2, -0.15) is 13.9 Å². The Labute approximate surface area is 138 Å². The number of carbonyl (C=O) groups is 1.